The molecule has 0 aliphatic heterocycles. The summed E-state index contributed by atoms with van der Waals surface area (Å²) in [6, 6.07) is 6.10. The Morgan fingerprint density at radius 2 is 1.94 bits per heavy atom. The normalized spacial score (nSPS) is 18.3. The molecule has 2 N–H and O–H groups in total. The Kier molecular flexibility index (Phi) is 3.69. The van der Waals surface area contributed by atoms with Crippen LogP contribution in [-0.2, 0) is 16.9 Å². The summed E-state index contributed by atoms with van der Waals surface area (Å²) < 4.78 is 10.5. The van der Waals surface area contributed by atoms with Crippen LogP contribution in [0.25, 0.3) is 0 Å². The van der Waals surface area contributed by atoms with E-state index in [1.807, 2.05) is 6.07 Å². The molecule has 1 saturated carbocycles. The van der Waals surface area contributed by atoms with Gasteiger partial charge in [0, 0.05) is 12.6 Å². The zero-order valence-electron chi connectivity index (χ0n) is 10.7. The van der Waals surface area contributed by atoms with Crippen molar-refractivity contribution in [2.75, 3.05) is 14.2 Å². The highest BCUT2D eigenvalue weighted by Gasteiger charge is 2.33. The van der Waals surface area contributed by atoms with Crippen molar-refractivity contribution < 1.29 is 9.47 Å². The Bertz CT molecular complexity index is 384. The molecule has 1 aromatic rings. The number of nitrogens with two attached hydrogens (primary N) is 1. The van der Waals surface area contributed by atoms with Crippen molar-refractivity contribution >= 4 is 0 Å². The number of hydrogen-bond acceptors (Lipinski definition) is 3. The molecule has 0 radical (unpaired) electrons. The Labute approximate surface area is 103 Å². The summed E-state index contributed by atoms with van der Waals surface area (Å²) in [7, 11) is 3.40. The molecular formula is C14H21NO2. The van der Waals surface area contributed by atoms with Crippen molar-refractivity contribution in [2.45, 2.75) is 37.8 Å². The second-order valence-electron chi connectivity index (χ2n) is 4.82. The van der Waals surface area contributed by atoms with Crippen LogP contribution in [0, 0.1) is 0 Å². The fraction of sp³-hybridized carbons (Fsp3) is 0.571. The van der Waals surface area contributed by atoms with E-state index in [9.17, 15) is 0 Å². The predicted octanol–water partition coefficient (Wildman–Crippen LogP) is 2.57. The summed E-state index contributed by atoms with van der Waals surface area (Å²) in [5.41, 5.74) is 8.70. The molecule has 3 nitrogen and oxygen atoms in total. The highest BCUT2D eigenvalue weighted by molar-refractivity contribution is 5.40. The molecule has 1 fully saturated rings. The van der Waals surface area contributed by atoms with Gasteiger partial charge in [0.05, 0.1) is 13.7 Å². The van der Waals surface area contributed by atoms with Gasteiger partial charge in [0.25, 0.3) is 0 Å². The van der Waals surface area contributed by atoms with Crippen molar-refractivity contribution in [1.82, 2.24) is 0 Å². The molecule has 0 atom stereocenters. The lowest BCUT2D eigenvalue weighted by atomic mass is 9.86. The quantitative estimate of drug-likeness (QED) is 0.872. The van der Waals surface area contributed by atoms with Crippen LogP contribution in [0.5, 0.6) is 5.75 Å². The second-order valence-corrected chi connectivity index (χ2v) is 4.82. The molecule has 1 aliphatic carbocycles. The summed E-state index contributed by atoms with van der Waals surface area (Å²) in [6.45, 7) is 0.609. The monoisotopic (exact) mass is 235 g/mol. The molecule has 0 aromatic heterocycles. The van der Waals surface area contributed by atoms with E-state index in [-0.39, 0.29) is 5.54 Å². The van der Waals surface area contributed by atoms with E-state index < -0.39 is 0 Å². The van der Waals surface area contributed by atoms with Crippen LogP contribution in [-0.4, -0.2) is 14.2 Å². The Hall–Kier alpha value is -1.06. The molecule has 1 aromatic carbocycles. The minimum atomic E-state index is -0.192. The van der Waals surface area contributed by atoms with Gasteiger partial charge in [0.1, 0.15) is 5.75 Å². The number of rotatable bonds is 4. The predicted molar refractivity (Wildman–Crippen MR) is 68.0 cm³/mol. The largest absolute Gasteiger partial charge is 0.497 e. The maximum atomic E-state index is 6.52. The van der Waals surface area contributed by atoms with E-state index in [4.69, 9.17) is 15.2 Å². The highest BCUT2D eigenvalue weighted by atomic mass is 16.5. The Morgan fingerprint density at radius 3 is 2.53 bits per heavy atom. The fourth-order valence-corrected chi connectivity index (χ4v) is 2.70. The molecule has 17 heavy (non-hydrogen) atoms. The zero-order valence-corrected chi connectivity index (χ0v) is 10.7. The lowest BCUT2D eigenvalue weighted by Crippen LogP contribution is -2.34. The second kappa shape index (κ2) is 5.07. The lowest BCUT2D eigenvalue weighted by Gasteiger charge is -2.27. The van der Waals surface area contributed by atoms with E-state index in [1.165, 1.54) is 24.0 Å². The first-order chi connectivity index (χ1) is 8.19. The molecular weight excluding hydrogens is 214 g/mol. The first-order valence-electron chi connectivity index (χ1n) is 6.15. The molecule has 0 bridgehead atoms. The number of ether oxygens (including phenoxy) is 2. The lowest BCUT2D eigenvalue weighted by molar-refractivity contribution is 0.182. The van der Waals surface area contributed by atoms with E-state index in [1.54, 1.807) is 14.2 Å². The maximum Gasteiger partial charge on any atom is 0.119 e. The van der Waals surface area contributed by atoms with E-state index in [2.05, 4.69) is 12.1 Å². The van der Waals surface area contributed by atoms with Gasteiger partial charge in [-0.25, -0.2) is 0 Å². The van der Waals surface area contributed by atoms with Crippen molar-refractivity contribution in [3.8, 4) is 5.75 Å². The van der Waals surface area contributed by atoms with Gasteiger partial charge in [0.2, 0.25) is 0 Å². The average molecular weight is 235 g/mol. The molecule has 0 amide bonds. The summed E-state index contributed by atoms with van der Waals surface area (Å²) in [4.78, 5) is 0. The van der Waals surface area contributed by atoms with Crippen molar-refractivity contribution in [1.29, 1.82) is 0 Å². The van der Waals surface area contributed by atoms with Crippen LogP contribution < -0.4 is 10.5 Å². The Balaban J connectivity index is 2.40. The smallest absolute Gasteiger partial charge is 0.119 e. The topological polar surface area (TPSA) is 44.5 Å². The van der Waals surface area contributed by atoms with E-state index in [0.29, 0.717) is 6.61 Å². The summed E-state index contributed by atoms with van der Waals surface area (Å²) >= 11 is 0. The summed E-state index contributed by atoms with van der Waals surface area (Å²) in [5.74, 6) is 0.872. The minimum absolute atomic E-state index is 0.192. The van der Waals surface area contributed by atoms with Crippen LogP contribution in [0.4, 0.5) is 0 Å². The van der Waals surface area contributed by atoms with Gasteiger partial charge in [-0.3, -0.25) is 0 Å². The van der Waals surface area contributed by atoms with Gasteiger partial charge in [-0.1, -0.05) is 18.9 Å². The zero-order chi connectivity index (χ0) is 12.3. The van der Waals surface area contributed by atoms with Crippen molar-refractivity contribution in [2.24, 2.45) is 5.73 Å². The van der Waals surface area contributed by atoms with Crippen LogP contribution >= 0.6 is 0 Å². The molecule has 0 heterocycles. The molecule has 0 saturated heterocycles. The fourth-order valence-electron chi connectivity index (χ4n) is 2.70. The van der Waals surface area contributed by atoms with Crippen LogP contribution in [0.2, 0.25) is 0 Å². The van der Waals surface area contributed by atoms with Gasteiger partial charge in [0.15, 0.2) is 0 Å². The van der Waals surface area contributed by atoms with Crippen molar-refractivity contribution in [3.05, 3.63) is 29.3 Å². The van der Waals surface area contributed by atoms with Gasteiger partial charge in [-0.15, -0.1) is 0 Å². The SMILES string of the molecule is COCc1ccc(OC)cc1C1(N)CCCC1. The summed E-state index contributed by atoms with van der Waals surface area (Å²) in [5, 5.41) is 0. The van der Waals surface area contributed by atoms with Gasteiger partial charge in [-0.2, -0.15) is 0 Å². The highest BCUT2D eigenvalue weighted by Crippen LogP contribution is 2.39. The molecule has 2 rings (SSSR count). The third-order valence-electron chi connectivity index (χ3n) is 3.65. The summed E-state index contributed by atoms with van der Waals surface area (Å²) in [6.07, 6.45) is 4.52. The maximum absolute atomic E-state index is 6.52. The van der Waals surface area contributed by atoms with Crippen LogP contribution in [0.3, 0.4) is 0 Å². The van der Waals surface area contributed by atoms with E-state index in [0.717, 1.165) is 18.6 Å². The molecule has 0 unspecified atom stereocenters. The molecule has 94 valence electrons. The third kappa shape index (κ3) is 2.45. The minimum Gasteiger partial charge on any atom is -0.497 e. The third-order valence-corrected chi connectivity index (χ3v) is 3.65. The number of benzene rings is 1. The van der Waals surface area contributed by atoms with Gasteiger partial charge >= 0.3 is 0 Å². The molecule has 1 aliphatic rings. The molecule has 3 heteroatoms. The first kappa shape index (κ1) is 12.4. The number of methoxy groups -OCH3 is 2. The average Bonchev–Trinajstić information content (AvgIpc) is 2.78. The first-order valence-corrected chi connectivity index (χ1v) is 6.15. The van der Waals surface area contributed by atoms with Gasteiger partial charge in [-0.05, 0) is 36.1 Å². The molecule has 0 spiro atoms. The van der Waals surface area contributed by atoms with E-state index >= 15 is 0 Å². The van der Waals surface area contributed by atoms with Gasteiger partial charge < -0.3 is 15.2 Å². The number of hydrogen-bond donors (Lipinski definition) is 1. The Morgan fingerprint density at radius 1 is 1.24 bits per heavy atom. The van der Waals surface area contributed by atoms with Crippen LogP contribution in [0.1, 0.15) is 36.8 Å². The standard InChI is InChI=1S/C14H21NO2/c1-16-10-11-5-6-12(17-2)9-13(11)14(15)7-3-4-8-14/h5-6,9H,3-4,7-8,10,15H2,1-2H3. The van der Waals surface area contributed by atoms with Crippen LogP contribution in [0.15, 0.2) is 18.2 Å². The van der Waals surface area contributed by atoms with Crippen molar-refractivity contribution in [3.63, 3.8) is 0 Å².